The molecule has 0 bridgehead atoms. The van der Waals surface area contributed by atoms with Crippen LogP contribution in [0.25, 0.3) is 0 Å². The van der Waals surface area contributed by atoms with Gasteiger partial charge in [-0.05, 0) is 36.8 Å². The number of aryl methyl sites for hydroxylation is 1. The molecule has 132 valence electrons. The number of sulfonamides is 1. The Morgan fingerprint density at radius 3 is 2.64 bits per heavy atom. The lowest BCUT2D eigenvalue weighted by molar-refractivity contribution is 0.181. The second-order valence-corrected chi connectivity index (χ2v) is 7.14. The minimum absolute atomic E-state index is 0.198. The summed E-state index contributed by atoms with van der Waals surface area (Å²) in [7, 11) is -4.13. The van der Waals surface area contributed by atoms with Crippen molar-refractivity contribution in [1.82, 2.24) is 0 Å². The predicted octanol–water partition coefficient (Wildman–Crippen LogP) is 2.60. The van der Waals surface area contributed by atoms with E-state index in [1.165, 1.54) is 17.0 Å². The first-order valence-corrected chi connectivity index (χ1v) is 8.82. The van der Waals surface area contributed by atoms with Gasteiger partial charge in [-0.3, -0.25) is 9.62 Å². The maximum absolute atomic E-state index is 13.0. The number of cyclic esters (lactones) is 1. The minimum Gasteiger partial charge on any atom is -0.506 e. The number of carbonyl (C=O) groups is 1. The Morgan fingerprint density at radius 2 is 2.00 bits per heavy atom. The monoisotopic (exact) mass is 366 g/mol. The van der Waals surface area contributed by atoms with Crippen LogP contribution in [-0.2, 0) is 14.8 Å². The van der Waals surface area contributed by atoms with Crippen LogP contribution >= 0.6 is 0 Å². The van der Waals surface area contributed by atoms with Gasteiger partial charge in [0.2, 0.25) is 0 Å². The Morgan fingerprint density at radius 1 is 1.24 bits per heavy atom. The van der Waals surface area contributed by atoms with Crippen LogP contribution in [0.4, 0.5) is 20.6 Å². The number of ether oxygens (including phenoxy) is 1. The predicted molar refractivity (Wildman–Crippen MR) is 88.7 cm³/mol. The fourth-order valence-corrected chi connectivity index (χ4v) is 3.63. The molecule has 2 aromatic rings. The zero-order chi connectivity index (χ0) is 18.2. The van der Waals surface area contributed by atoms with Gasteiger partial charge in [0.25, 0.3) is 10.0 Å². The molecule has 0 saturated carbocycles. The largest absolute Gasteiger partial charge is 0.506 e. The van der Waals surface area contributed by atoms with Crippen molar-refractivity contribution in [3.8, 4) is 5.75 Å². The van der Waals surface area contributed by atoms with Gasteiger partial charge in [0.1, 0.15) is 23.1 Å². The van der Waals surface area contributed by atoms with Crippen molar-refractivity contribution in [1.29, 1.82) is 0 Å². The summed E-state index contributed by atoms with van der Waals surface area (Å²) in [5.74, 6) is -1.44. The third-order valence-corrected chi connectivity index (χ3v) is 5.15. The van der Waals surface area contributed by atoms with Gasteiger partial charge in [-0.25, -0.2) is 17.6 Å². The molecule has 0 radical (unpaired) electrons. The minimum atomic E-state index is -4.13. The molecule has 7 nitrogen and oxygen atoms in total. The Hall–Kier alpha value is -2.81. The SMILES string of the molecule is Cc1ccc(NS(=O)(=O)c2ccc(F)cc2O)cc1N1CCOC1=O. The summed E-state index contributed by atoms with van der Waals surface area (Å²) in [6, 6.07) is 7.31. The molecular formula is C16H15FN2O5S. The molecule has 0 unspecified atom stereocenters. The number of nitrogens with zero attached hydrogens (tertiary/aromatic N) is 1. The van der Waals surface area contributed by atoms with Gasteiger partial charge in [0.05, 0.1) is 17.9 Å². The summed E-state index contributed by atoms with van der Waals surface area (Å²) in [5.41, 5.74) is 1.49. The number of hydrogen-bond donors (Lipinski definition) is 2. The molecule has 1 aliphatic rings. The van der Waals surface area contributed by atoms with Crippen molar-refractivity contribution in [3.63, 3.8) is 0 Å². The van der Waals surface area contributed by atoms with Gasteiger partial charge < -0.3 is 9.84 Å². The number of aromatic hydroxyl groups is 1. The first kappa shape index (κ1) is 17.0. The zero-order valence-electron chi connectivity index (χ0n) is 13.2. The van der Waals surface area contributed by atoms with E-state index in [4.69, 9.17) is 4.74 Å². The summed E-state index contributed by atoms with van der Waals surface area (Å²) >= 11 is 0. The van der Waals surface area contributed by atoms with Crippen molar-refractivity contribution in [3.05, 3.63) is 47.8 Å². The van der Waals surface area contributed by atoms with Crippen molar-refractivity contribution >= 4 is 27.5 Å². The third kappa shape index (κ3) is 3.36. The Balaban J connectivity index is 1.93. The summed E-state index contributed by atoms with van der Waals surface area (Å²) in [6.45, 7) is 2.41. The van der Waals surface area contributed by atoms with Crippen molar-refractivity contribution in [2.75, 3.05) is 22.8 Å². The molecule has 2 N–H and O–H groups in total. The topological polar surface area (TPSA) is 95.9 Å². The quantitative estimate of drug-likeness (QED) is 0.867. The van der Waals surface area contributed by atoms with Crippen LogP contribution in [0.2, 0.25) is 0 Å². The van der Waals surface area contributed by atoms with Gasteiger partial charge >= 0.3 is 6.09 Å². The highest BCUT2D eigenvalue weighted by molar-refractivity contribution is 7.92. The smallest absolute Gasteiger partial charge is 0.414 e. The maximum atomic E-state index is 13.0. The maximum Gasteiger partial charge on any atom is 0.414 e. The van der Waals surface area contributed by atoms with Crippen molar-refractivity contribution < 1.29 is 27.4 Å². The molecule has 3 rings (SSSR count). The van der Waals surface area contributed by atoms with E-state index in [0.29, 0.717) is 12.2 Å². The Labute approximate surface area is 143 Å². The number of phenolic OH excluding ortho intramolecular Hbond substituents is 1. The van der Waals surface area contributed by atoms with Gasteiger partial charge in [0.15, 0.2) is 0 Å². The van der Waals surface area contributed by atoms with Gasteiger partial charge in [-0.15, -0.1) is 0 Å². The molecule has 1 heterocycles. The standard InChI is InChI=1S/C16H15FN2O5S/c1-10-2-4-12(9-13(10)19-6-7-24-16(19)21)18-25(22,23)15-5-3-11(17)8-14(15)20/h2-5,8-9,18,20H,6-7H2,1H3. The lowest BCUT2D eigenvalue weighted by atomic mass is 10.1. The normalized spacial score (nSPS) is 14.5. The highest BCUT2D eigenvalue weighted by Crippen LogP contribution is 2.30. The number of halogens is 1. The molecule has 1 saturated heterocycles. The lowest BCUT2D eigenvalue weighted by Crippen LogP contribution is -2.24. The number of amides is 1. The molecule has 0 aromatic heterocycles. The van der Waals surface area contributed by atoms with Crippen LogP contribution in [0.5, 0.6) is 5.75 Å². The highest BCUT2D eigenvalue weighted by atomic mass is 32.2. The van der Waals surface area contributed by atoms with Gasteiger partial charge in [-0.2, -0.15) is 0 Å². The van der Waals surface area contributed by atoms with E-state index in [1.54, 1.807) is 13.0 Å². The van der Waals surface area contributed by atoms with E-state index in [-0.39, 0.29) is 12.3 Å². The van der Waals surface area contributed by atoms with Crippen LogP contribution < -0.4 is 9.62 Å². The van der Waals surface area contributed by atoms with E-state index < -0.39 is 32.6 Å². The van der Waals surface area contributed by atoms with Gasteiger partial charge in [0, 0.05) is 6.07 Å². The second kappa shape index (κ2) is 6.25. The average Bonchev–Trinajstić information content (AvgIpc) is 2.94. The zero-order valence-corrected chi connectivity index (χ0v) is 14.0. The van der Waals surface area contributed by atoms with E-state index in [2.05, 4.69) is 4.72 Å². The van der Waals surface area contributed by atoms with E-state index in [9.17, 15) is 22.7 Å². The average molecular weight is 366 g/mol. The van der Waals surface area contributed by atoms with E-state index >= 15 is 0 Å². The molecular weight excluding hydrogens is 351 g/mol. The second-order valence-electron chi connectivity index (χ2n) is 5.48. The van der Waals surface area contributed by atoms with Crippen LogP contribution in [0, 0.1) is 12.7 Å². The van der Waals surface area contributed by atoms with Crippen molar-refractivity contribution in [2.45, 2.75) is 11.8 Å². The number of rotatable bonds is 4. The number of carbonyl (C=O) groups excluding carboxylic acids is 1. The fraction of sp³-hybridized carbons (Fsp3) is 0.188. The number of hydrogen-bond acceptors (Lipinski definition) is 5. The Kier molecular flexibility index (Phi) is 4.25. The van der Waals surface area contributed by atoms with E-state index in [0.717, 1.165) is 23.8 Å². The number of benzene rings is 2. The first-order valence-electron chi connectivity index (χ1n) is 7.34. The molecule has 25 heavy (non-hydrogen) atoms. The number of anilines is 2. The molecule has 0 aliphatic carbocycles. The first-order chi connectivity index (χ1) is 11.8. The highest BCUT2D eigenvalue weighted by Gasteiger charge is 2.26. The summed E-state index contributed by atoms with van der Waals surface area (Å²) in [6.07, 6.45) is -0.501. The van der Waals surface area contributed by atoms with E-state index in [1.807, 2.05) is 0 Å². The molecule has 0 spiro atoms. The van der Waals surface area contributed by atoms with Crippen LogP contribution in [0.3, 0.4) is 0 Å². The summed E-state index contributed by atoms with van der Waals surface area (Å²) in [4.78, 5) is 12.7. The van der Waals surface area contributed by atoms with Crippen LogP contribution in [0.15, 0.2) is 41.3 Å². The molecule has 0 atom stereocenters. The van der Waals surface area contributed by atoms with Crippen LogP contribution in [0.1, 0.15) is 5.56 Å². The van der Waals surface area contributed by atoms with Crippen molar-refractivity contribution in [2.24, 2.45) is 0 Å². The number of phenols is 1. The molecule has 9 heteroatoms. The summed E-state index contributed by atoms with van der Waals surface area (Å²) < 4.78 is 45.1. The fourth-order valence-electron chi connectivity index (χ4n) is 2.50. The Bertz CT molecular complexity index is 946. The molecule has 2 aromatic carbocycles. The third-order valence-electron chi connectivity index (χ3n) is 3.72. The molecule has 1 aliphatic heterocycles. The molecule has 1 amide bonds. The number of nitrogens with one attached hydrogen (secondary N) is 1. The summed E-state index contributed by atoms with van der Waals surface area (Å²) in [5, 5.41) is 9.68. The molecule has 1 fully saturated rings. The van der Waals surface area contributed by atoms with Crippen LogP contribution in [-0.4, -0.2) is 32.8 Å². The van der Waals surface area contributed by atoms with Gasteiger partial charge in [-0.1, -0.05) is 6.07 Å². The lowest BCUT2D eigenvalue weighted by Gasteiger charge is -2.17.